The lowest BCUT2D eigenvalue weighted by Gasteiger charge is -2.09. The average molecular weight is 276 g/mol. The zero-order valence-corrected chi connectivity index (χ0v) is 10.6. The molecule has 2 rings (SSSR count). The molecule has 0 fully saturated rings. The van der Waals surface area contributed by atoms with E-state index in [4.69, 9.17) is 9.84 Å². The fraction of sp³-hybridized carbons (Fsp3) is 0.154. The van der Waals surface area contributed by atoms with Gasteiger partial charge >= 0.3 is 5.97 Å². The predicted octanol–water partition coefficient (Wildman–Crippen LogP) is 0.292. The lowest BCUT2D eigenvalue weighted by atomic mass is 10.1. The SMILES string of the molecule is COc1ccc(Cn2[nH]c(=O)ccc2=O)cc1C(=O)O. The van der Waals surface area contributed by atoms with Gasteiger partial charge in [0.2, 0.25) is 0 Å². The average Bonchev–Trinajstić information content (AvgIpc) is 2.42. The highest BCUT2D eigenvalue weighted by atomic mass is 16.5. The van der Waals surface area contributed by atoms with Gasteiger partial charge in [-0.1, -0.05) is 6.07 Å². The van der Waals surface area contributed by atoms with Gasteiger partial charge in [0.15, 0.2) is 0 Å². The minimum absolute atomic E-state index is 0.00340. The summed E-state index contributed by atoms with van der Waals surface area (Å²) in [5.41, 5.74) is -0.225. The number of nitrogens with zero attached hydrogens (tertiary/aromatic N) is 1. The lowest BCUT2D eigenvalue weighted by molar-refractivity contribution is 0.0693. The normalized spacial score (nSPS) is 10.2. The van der Waals surface area contributed by atoms with E-state index in [9.17, 15) is 14.4 Å². The molecule has 0 amide bonds. The quantitative estimate of drug-likeness (QED) is 0.835. The number of aromatic amines is 1. The van der Waals surface area contributed by atoms with Crippen molar-refractivity contribution in [1.82, 2.24) is 9.78 Å². The maximum Gasteiger partial charge on any atom is 0.339 e. The fourth-order valence-corrected chi connectivity index (χ4v) is 1.78. The van der Waals surface area contributed by atoms with Crippen LogP contribution in [0.5, 0.6) is 5.75 Å². The molecule has 0 radical (unpaired) electrons. The number of methoxy groups -OCH3 is 1. The highest BCUT2D eigenvalue weighted by Crippen LogP contribution is 2.20. The van der Waals surface area contributed by atoms with Crippen molar-refractivity contribution in [2.75, 3.05) is 7.11 Å². The molecule has 1 aromatic heterocycles. The zero-order chi connectivity index (χ0) is 14.7. The molecular weight excluding hydrogens is 264 g/mol. The molecule has 0 unspecified atom stereocenters. The van der Waals surface area contributed by atoms with Crippen molar-refractivity contribution >= 4 is 5.97 Å². The van der Waals surface area contributed by atoms with Crippen molar-refractivity contribution in [3.8, 4) is 5.75 Å². The molecule has 7 heteroatoms. The molecule has 2 aromatic rings. The summed E-state index contributed by atoms with van der Waals surface area (Å²) in [5.74, 6) is -0.896. The Kier molecular flexibility index (Phi) is 3.69. The Labute approximate surface area is 113 Å². The van der Waals surface area contributed by atoms with Gasteiger partial charge in [-0.3, -0.25) is 14.7 Å². The smallest absolute Gasteiger partial charge is 0.339 e. The molecule has 0 atom stereocenters. The molecule has 0 aliphatic rings. The van der Waals surface area contributed by atoms with Crippen LogP contribution in [0, 0.1) is 0 Å². The van der Waals surface area contributed by atoms with Crippen LogP contribution in [0.25, 0.3) is 0 Å². The van der Waals surface area contributed by atoms with Crippen molar-refractivity contribution in [1.29, 1.82) is 0 Å². The Balaban J connectivity index is 2.42. The van der Waals surface area contributed by atoms with Gasteiger partial charge in [-0.05, 0) is 17.7 Å². The van der Waals surface area contributed by atoms with Crippen LogP contribution >= 0.6 is 0 Å². The number of aromatic carboxylic acids is 1. The Morgan fingerprint density at radius 1 is 1.30 bits per heavy atom. The second-order valence-electron chi connectivity index (χ2n) is 4.07. The van der Waals surface area contributed by atoms with Gasteiger partial charge in [0.1, 0.15) is 11.3 Å². The summed E-state index contributed by atoms with van der Waals surface area (Å²) in [5, 5.41) is 11.5. The number of hydrogen-bond donors (Lipinski definition) is 2. The first-order chi connectivity index (χ1) is 9.51. The Morgan fingerprint density at radius 3 is 2.70 bits per heavy atom. The zero-order valence-electron chi connectivity index (χ0n) is 10.6. The van der Waals surface area contributed by atoms with Crippen LogP contribution < -0.4 is 15.9 Å². The number of nitrogens with one attached hydrogen (secondary N) is 1. The van der Waals surface area contributed by atoms with Crippen LogP contribution in [-0.4, -0.2) is 28.0 Å². The second-order valence-corrected chi connectivity index (χ2v) is 4.07. The number of hydrogen-bond acceptors (Lipinski definition) is 4. The van der Waals surface area contributed by atoms with Crippen LogP contribution in [0.3, 0.4) is 0 Å². The molecule has 20 heavy (non-hydrogen) atoms. The Hall–Kier alpha value is -2.83. The van der Waals surface area contributed by atoms with Gasteiger partial charge < -0.3 is 9.84 Å². The van der Waals surface area contributed by atoms with Gasteiger partial charge in [-0.25, -0.2) is 9.48 Å². The highest BCUT2D eigenvalue weighted by Gasteiger charge is 2.12. The number of rotatable bonds is 4. The standard InChI is InChI=1S/C13H12N2O5/c1-20-10-3-2-8(6-9(10)13(18)19)7-15-12(17)5-4-11(16)14-15/h2-6H,7H2,1H3,(H,14,16)(H,18,19). The van der Waals surface area contributed by atoms with Crippen molar-refractivity contribution in [3.63, 3.8) is 0 Å². The highest BCUT2D eigenvalue weighted by molar-refractivity contribution is 5.91. The van der Waals surface area contributed by atoms with Crippen LogP contribution in [0.1, 0.15) is 15.9 Å². The van der Waals surface area contributed by atoms with Gasteiger partial charge in [0.25, 0.3) is 11.1 Å². The van der Waals surface area contributed by atoms with Crippen LogP contribution in [0.4, 0.5) is 0 Å². The molecule has 0 saturated carbocycles. The summed E-state index contributed by atoms with van der Waals surface area (Å²) in [7, 11) is 1.38. The number of aromatic nitrogens is 2. The van der Waals surface area contributed by atoms with Crippen molar-refractivity contribution in [2.45, 2.75) is 6.54 Å². The third kappa shape index (κ3) is 2.77. The van der Waals surface area contributed by atoms with E-state index in [1.54, 1.807) is 6.07 Å². The molecule has 1 aromatic carbocycles. The third-order valence-corrected chi connectivity index (χ3v) is 2.72. The van der Waals surface area contributed by atoms with Gasteiger partial charge in [-0.2, -0.15) is 0 Å². The van der Waals surface area contributed by atoms with E-state index in [2.05, 4.69) is 5.10 Å². The molecule has 104 valence electrons. The second kappa shape index (κ2) is 5.43. The molecule has 7 nitrogen and oxygen atoms in total. The summed E-state index contributed by atoms with van der Waals surface area (Å²) in [6, 6.07) is 6.82. The van der Waals surface area contributed by atoms with E-state index in [-0.39, 0.29) is 23.4 Å². The number of H-pyrrole nitrogens is 1. The van der Waals surface area contributed by atoms with Crippen LogP contribution in [-0.2, 0) is 6.54 Å². The first-order valence-corrected chi connectivity index (χ1v) is 5.71. The van der Waals surface area contributed by atoms with Crippen LogP contribution in [0.15, 0.2) is 39.9 Å². The third-order valence-electron chi connectivity index (χ3n) is 2.72. The first kappa shape index (κ1) is 13.6. The molecule has 2 N–H and O–H groups in total. The number of carboxylic acid groups (broad SMARTS) is 1. The molecule has 0 aliphatic carbocycles. The number of carbonyl (C=O) groups is 1. The molecule has 0 aliphatic heterocycles. The van der Waals surface area contributed by atoms with E-state index < -0.39 is 11.5 Å². The molecule has 0 saturated heterocycles. The predicted molar refractivity (Wildman–Crippen MR) is 70.4 cm³/mol. The Bertz CT molecular complexity index is 760. The molecule has 0 spiro atoms. The summed E-state index contributed by atoms with van der Waals surface area (Å²) >= 11 is 0. The molecule has 1 heterocycles. The maximum atomic E-state index is 11.6. The van der Waals surface area contributed by atoms with E-state index in [0.29, 0.717) is 5.56 Å². The minimum Gasteiger partial charge on any atom is -0.496 e. The van der Waals surface area contributed by atoms with E-state index in [1.165, 1.54) is 19.2 Å². The van der Waals surface area contributed by atoms with E-state index in [0.717, 1.165) is 16.8 Å². The van der Waals surface area contributed by atoms with Gasteiger partial charge in [0, 0.05) is 12.1 Å². The lowest BCUT2D eigenvalue weighted by Crippen LogP contribution is -2.28. The maximum absolute atomic E-state index is 11.6. The first-order valence-electron chi connectivity index (χ1n) is 5.71. The topological polar surface area (TPSA) is 101 Å². The van der Waals surface area contributed by atoms with Gasteiger partial charge in [0.05, 0.1) is 13.7 Å². The van der Waals surface area contributed by atoms with Crippen molar-refractivity contribution in [3.05, 3.63) is 62.2 Å². The van der Waals surface area contributed by atoms with Crippen LogP contribution in [0.2, 0.25) is 0 Å². The molecule has 0 bridgehead atoms. The minimum atomic E-state index is -1.13. The fourth-order valence-electron chi connectivity index (χ4n) is 1.78. The number of benzene rings is 1. The molecular formula is C13H12N2O5. The number of ether oxygens (including phenoxy) is 1. The number of carboxylic acids is 1. The van der Waals surface area contributed by atoms with Crippen molar-refractivity contribution < 1.29 is 14.6 Å². The monoisotopic (exact) mass is 276 g/mol. The summed E-state index contributed by atoms with van der Waals surface area (Å²) in [6.07, 6.45) is 0. The largest absolute Gasteiger partial charge is 0.496 e. The Morgan fingerprint density at radius 2 is 2.05 bits per heavy atom. The van der Waals surface area contributed by atoms with Crippen molar-refractivity contribution in [2.24, 2.45) is 0 Å². The van der Waals surface area contributed by atoms with E-state index in [1.807, 2.05) is 0 Å². The van der Waals surface area contributed by atoms with Gasteiger partial charge in [-0.15, -0.1) is 0 Å². The summed E-state index contributed by atoms with van der Waals surface area (Å²) < 4.78 is 6.05. The summed E-state index contributed by atoms with van der Waals surface area (Å²) in [4.78, 5) is 33.8. The summed E-state index contributed by atoms with van der Waals surface area (Å²) in [6.45, 7) is 0.0686. The van der Waals surface area contributed by atoms with E-state index >= 15 is 0 Å².